The van der Waals surface area contributed by atoms with E-state index in [0.29, 0.717) is 11.3 Å². The normalized spacial score (nSPS) is 14.2. The van der Waals surface area contributed by atoms with Crippen molar-refractivity contribution in [2.75, 3.05) is 0 Å². The summed E-state index contributed by atoms with van der Waals surface area (Å²) in [4.78, 5) is 12.6. The Morgan fingerprint density at radius 3 is 2.39 bits per heavy atom. The maximum Gasteiger partial charge on any atom is 0.417 e. The van der Waals surface area contributed by atoms with Gasteiger partial charge in [0.15, 0.2) is 0 Å². The summed E-state index contributed by atoms with van der Waals surface area (Å²) in [7, 11) is 1.51. The van der Waals surface area contributed by atoms with Gasteiger partial charge in [0, 0.05) is 12.7 Å². The summed E-state index contributed by atoms with van der Waals surface area (Å²) in [5.74, 6) is 0. The minimum atomic E-state index is -4.55. The topological polar surface area (TPSA) is 22.0 Å². The Morgan fingerprint density at radius 2 is 1.74 bits per heavy atom. The molecule has 1 aliphatic carbocycles. The Kier molecular flexibility index (Phi) is 3.62. The van der Waals surface area contributed by atoms with Crippen molar-refractivity contribution >= 4 is 0 Å². The third kappa shape index (κ3) is 2.48. The van der Waals surface area contributed by atoms with Crippen molar-refractivity contribution in [3.63, 3.8) is 0 Å². The lowest BCUT2D eigenvalue weighted by molar-refractivity contribution is -0.137. The molecular formula is C18H18F3NO. The van der Waals surface area contributed by atoms with Crippen molar-refractivity contribution in [3.05, 3.63) is 56.5 Å². The van der Waals surface area contributed by atoms with Gasteiger partial charge in [-0.1, -0.05) is 12.1 Å². The molecule has 0 fully saturated rings. The molecule has 5 heteroatoms. The molecule has 0 saturated carbocycles. The molecule has 1 heterocycles. The average molecular weight is 321 g/mol. The van der Waals surface area contributed by atoms with E-state index in [0.717, 1.165) is 42.0 Å². The number of aromatic nitrogens is 1. The van der Waals surface area contributed by atoms with Gasteiger partial charge in [0.05, 0.1) is 11.1 Å². The van der Waals surface area contributed by atoms with E-state index in [1.54, 1.807) is 6.07 Å². The molecule has 2 nitrogen and oxygen atoms in total. The van der Waals surface area contributed by atoms with Crippen LogP contribution in [0.25, 0.3) is 11.1 Å². The molecule has 0 N–H and O–H groups in total. The summed E-state index contributed by atoms with van der Waals surface area (Å²) < 4.78 is 41.8. The van der Waals surface area contributed by atoms with Gasteiger partial charge in [-0.3, -0.25) is 4.79 Å². The number of aryl methyl sites for hydroxylation is 2. The molecule has 23 heavy (non-hydrogen) atoms. The summed E-state index contributed by atoms with van der Waals surface area (Å²) in [6.07, 6.45) is -2.05. The van der Waals surface area contributed by atoms with E-state index in [1.807, 2.05) is 13.0 Å². The van der Waals surface area contributed by atoms with Crippen molar-refractivity contribution in [3.8, 4) is 11.1 Å². The maximum atomic E-state index is 13.5. The molecule has 3 rings (SSSR count). The highest BCUT2D eigenvalue weighted by Gasteiger charge is 2.37. The van der Waals surface area contributed by atoms with Crippen LogP contribution in [0, 0.1) is 13.8 Å². The molecule has 0 spiro atoms. The van der Waals surface area contributed by atoms with Crippen molar-refractivity contribution in [2.45, 2.75) is 39.3 Å². The van der Waals surface area contributed by atoms with E-state index in [4.69, 9.17) is 0 Å². The number of hydrogen-bond acceptors (Lipinski definition) is 1. The van der Waals surface area contributed by atoms with Crippen LogP contribution in [-0.2, 0) is 26.1 Å². The van der Waals surface area contributed by atoms with Gasteiger partial charge in [-0.2, -0.15) is 13.2 Å². The fourth-order valence-electron chi connectivity index (χ4n) is 3.42. The summed E-state index contributed by atoms with van der Waals surface area (Å²) in [5.41, 5.74) is 2.18. The van der Waals surface area contributed by atoms with Crippen LogP contribution in [0.15, 0.2) is 23.0 Å². The van der Waals surface area contributed by atoms with Crippen LogP contribution >= 0.6 is 0 Å². The highest BCUT2D eigenvalue weighted by atomic mass is 19.4. The van der Waals surface area contributed by atoms with E-state index in [9.17, 15) is 18.0 Å². The summed E-state index contributed by atoms with van der Waals surface area (Å²) >= 11 is 0. The summed E-state index contributed by atoms with van der Waals surface area (Å²) in [5, 5.41) is 0. The van der Waals surface area contributed by atoms with Gasteiger partial charge in [0.25, 0.3) is 5.56 Å². The number of fused-ring (bicyclic) bond motifs is 1. The molecule has 0 amide bonds. The molecule has 1 aromatic heterocycles. The lowest BCUT2D eigenvalue weighted by Gasteiger charge is -2.18. The average Bonchev–Trinajstić information content (AvgIpc) is 2.95. The first kappa shape index (κ1) is 15.8. The minimum absolute atomic E-state index is 0.219. The zero-order chi connectivity index (χ0) is 16.9. The Labute approximate surface area is 132 Å². The van der Waals surface area contributed by atoms with Gasteiger partial charge in [0.2, 0.25) is 0 Å². The molecule has 0 radical (unpaired) electrons. The number of benzene rings is 1. The first-order valence-corrected chi connectivity index (χ1v) is 7.61. The SMILES string of the molecule is Cc1ccc(-c2c(C(F)(F)F)cc(C)n(C)c2=O)c2c1CCC2. The van der Waals surface area contributed by atoms with E-state index in [2.05, 4.69) is 0 Å². The predicted octanol–water partition coefficient (Wildman–Crippen LogP) is 4.18. The van der Waals surface area contributed by atoms with Crippen molar-refractivity contribution in [1.29, 1.82) is 0 Å². The molecule has 0 atom stereocenters. The molecule has 1 aromatic carbocycles. The molecule has 1 aliphatic rings. The predicted molar refractivity (Wildman–Crippen MR) is 83.6 cm³/mol. The zero-order valence-corrected chi connectivity index (χ0v) is 13.3. The van der Waals surface area contributed by atoms with Crippen molar-refractivity contribution < 1.29 is 13.2 Å². The van der Waals surface area contributed by atoms with Crippen LogP contribution in [-0.4, -0.2) is 4.57 Å². The van der Waals surface area contributed by atoms with Gasteiger partial charge >= 0.3 is 6.18 Å². The van der Waals surface area contributed by atoms with Crippen molar-refractivity contribution in [1.82, 2.24) is 4.57 Å². The smallest absolute Gasteiger partial charge is 0.315 e. The second kappa shape index (κ2) is 5.25. The van der Waals surface area contributed by atoms with Crippen LogP contribution < -0.4 is 5.56 Å². The van der Waals surface area contributed by atoms with Gasteiger partial charge in [-0.25, -0.2) is 0 Å². The second-order valence-corrected chi connectivity index (χ2v) is 6.18. The van der Waals surface area contributed by atoms with Crippen LogP contribution in [0.3, 0.4) is 0 Å². The molecule has 122 valence electrons. The molecule has 0 aliphatic heterocycles. The Bertz CT molecular complexity index is 847. The molecule has 0 bridgehead atoms. The van der Waals surface area contributed by atoms with Crippen LogP contribution in [0.5, 0.6) is 0 Å². The van der Waals surface area contributed by atoms with E-state index < -0.39 is 17.3 Å². The van der Waals surface area contributed by atoms with Crippen molar-refractivity contribution in [2.24, 2.45) is 7.05 Å². The standard InChI is InChI=1S/C18H18F3NO/c1-10-7-8-14(13-6-4-5-12(10)13)16-15(18(19,20)21)9-11(2)22(3)17(16)23/h7-9H,4-6H2,1-3H3. The zero-order valence-electron chi connectivity index (χ0n) is 13.3. The third-order valence-electron chi connectivity index (χ3n) is 4.76. The molecule has 0 unspecified atom stereocenters. The Hall–Kier alpha value is -2.04. The molecular weight excluding hydrogens is 303 g/mol. The minimum Gasteiger partial charge on any atom is -0.315 e. The number of rotatable bonds is 1. The van der Waals surface area contributed by atoms with Gasteiger partial charge in [0.1, 0.15) is 0 Å². The van der Waals surface area contributed by atoms with Crippen LogP contribution in [0.1, 0.15) is 34.4 Å². The Balaban J connectivity index is 2.40. The van der Waals surface area contributed by atoms with Crippen LogP contribution in [0.4, 0.5) is 13.2 Å². The lowest BCUT2D eigenvalue weighted by atomic mass is 9.91. The fraction of sp³-hybridized carbons (Fsp3) is 0.389. The van der Waals surface area contributed by atoms with E-state index in [1.165, 1.54) is 18.5 Å². The van der Waals surface area contributed by atoms with Gasteiger partial charge < -0.3 is 4.57 Å². The molecule has 2 aromatic rings. The molecule has 0 saturated heterocycles. The number of alkyl halides is 3. The third-order valence-corrected chi connectivity index (χ3v) is 4.76. The van der Waals surface area contributed by atoms with Gasteiger partial charge in [-0.15, -0.1) is 0 Å². The first-order valence-electron chi connectivity index (χ1n) is 7.61. The number of pyridine rings is 1. The first-order chi connectivity index (χ1) is 10.7. The summed E-state index contributed by atoms with van der Waals surface area (Å²) in [6.45, 7) is 3.48. The van der Waals surface area contributed by atoms with E-state index >= 15 is 0 Å². The Morgan fingerprint density at radius 1 is 1.09 bits per heavy atom. The van der Waals surface area contributed by atoms with Gasteiger partial charge in [-0.05, 0) is 61.4 Å². The maximum absolute atomic E-state index is 13.5. The largest absolute Gasteiger partial charge is 0.417 e. The number of halogens is 3. The second-order valence-electron chi connectivity index (χ2n) is 6.18. The summed E-state index contributed by atoms with van der Waals surface area (Å²) in [6, 6.07) is 4.55. The fourth-order valence-corrected chi connectivity index (χ4v) is 3.42. The lowest BCUT2D eigenvalue weighted by Crippen LogP contribution is -2.25. The monoisotopic (exact) mass is 321 g/mol. The highest BCUT2D eigenvalue weighted by molar-refractivity contribution is 5.73. The highest BCUT2D eigenvalue weighted by Crippen LogP contribution is 2.40. The van der Waals surface area contributed by atoms with E-state index in [-0.39, 0.29) is 5.56 Å². The number of hydrogen-bond donors (Lipinski definition) is 0. The quantitative estimate of drug-likeness (QED) is 0.772. The van der Waals surface area contributed by atoms with Crippen LogP contribution in [0.2, 0.25) is 0 Å². The number of nitrogens with zero attached hydrogens (tertiary/aromatic N) is 1.